The van der Waals surface area contributed by atoms with Crippen molar-refractivity contribution in [2.24, 2.45) is 0 Å². The van der Waals surface area contributed by atoms with Crippen molar-refractivity contribution in [1.29, 1.82) is 0 Å². The number of halogens is 1. The molecule has 23 heavy (non-hydrogen) atoms. The van der Waals surface area contributed by atoms with Crippen LogP contribution in [-0.4, -0.2) is 15.3 Å². The summed E-state index contributed by atoms with van der Waals surface area (Å²) in [6.45, 7) is 3.61. The van der Waals surface area contributed by atoms with E-state index in [9.17, 15) is 9.59 Å². The first-order chi connectivity index (χ1) is 11.0. The van der Waals surface area contributed by atoms with E-state index in [0.29, 0.717) is 21.9 Å². The molecule has 2 heterocycles. The van der Waals surface area contributed by atoms with Gasteiger partial charge in [0, 0.05) is 6.20 Å². The Labute approximate surface area is 137 Å². The van der Waals surface area contributed by atoms with Gasteiger partial charge in [0.2, 0.25) is 0 Å². The molecule has 0 aliphatic carbocycles. The number of rotatable bonds is 2. The minimum absolute atomic E-state index is 0.149. The molecule has 0 aliphatic heterocycles. The van der Waals surface area contributed by atoms with Crippen LogP contribution in [0.1, 0.15) is 21.6 Å². The summed E-state index contributed by atoms with van der Waals surface area (Å²) in [4.78, 5) is 29.3. The van der Waals surface area contributed by atoms with Gasteiger partial charge in [0.05, 0.1) is 16.3 Å². The van der Waals surface area contributed by atoms with Crippen LogP contribution in [0.5, 0.6) is 0 Å². The fourth-order valence-electron chi connectivity index (χ4n) is 2.32. The van der Waals surface area contributed by atoms with E-state index in [1.807, 2.05) is 19.1 Å². The third kappa shape index (κ3) is 2.83. The number of aryl methyl sites for hydroxylation is 2. The molecule has 1 N–H and O–H groups in total. The molecule has 2 aromatic heterocycles. The van der Waals surface area contributed by atoms with Gasteiger partial charge in [0.1, 0.15) is 11.3 Å². The van der Waals surface area contributed by atoms with Crippen LogP contribution in [0.15, 0.2) is 47.4 Å². The second-order valence-corrected chi connectivity index (χ2v) is 5.65. The minimum Gasteiger partial charge on any atom is -0.316 e. The third-order valence-corrected chi connectivity index (χ3v) is 3.85. The maximum absolute atomic E-state index is 12.6. The molecule has 6 heteroatoms. The predicted molar refractivity (Wildman–Crippen MR) is 90.3 cm³/mol. The Kier molecular flexibility index (Phi) is 3.88. The first kappa shape index (κ1) is 15.2. The fraction of sp³-hybridized carbons (Fsp3) is 0.118. The lowest BCUT2D eigenvalue weighted by Gasteiger charge is -2.10. The summed E-state index contributed by atoms with van der Waals surface area (Å²) in [5, 5.41) is 2.95. The lowest BCUT2D eigenvalue weighted by atomic mass is 10.2. The topological polar surface area (TPSA) is 63.5 Å². The van der Waals surface area contributed by atoms with E-state index >= 15 is 0 Å². The van der Waals surface area contributed by atoms with E-state index in [1.165, 1.54) is 4.40 Å². The number of hydrogen-bond donors (Lipinski definition) is 1. The number of aromatic nitrogens is 2. The number of nitrogens with zero attached hydrogens (tertiary/aromatic N) is 2. The van der Waals surface area contributed by atoms with Crippen LogP contribution < -0.4 is 10.9 Å². The van der Waals surface area contributed by atoms with Crippen molar-refractivity contribution in [3.8, 4) is 0 Å². The normalized spacial score (nSPS) is 10.7. The van der Waals surface area contributed by atoms with Gasteiger partial charge >= 0.3 is 0 Å². The zero-order valence-electron chi connectivity index (χ0n) is 12.6. The van der Waals surface area contributed by atoms with Gasteiger partial charge in [-0.25, -0.2) is 4.98 Å². The van der Waals surface area contributed by atoms with Gasteiger partial charge in [-0.15, -0.1) is 0 Å². The highest BCUT2D eigenvalue weighted by molar-refractivity contribution is 6.34. The quantitative estimate of drug-likeness (QED) is 0.786. The Balaban J connectivity index is 2.07. The molecule has 0 saturated carbocycles. The number of hydrogen-bond acceptors (Lipinski definition) is 3. The van der Waals surface area contributed by atoms with Crippen LogP contribution in [0.25, 0.3) is 5.65 Å². The Bertz CT molecular complexity index is 979. The van der Waals surface area contributed by atoms with E-state index in [0.717, 1.165) is 5.56 Å². The summed E-state index contributed by atoms with van der Waals surface area (Å²) in [6.07, 6.45) is 1.64. The zero-order chi connectivity index (χ0) is 16.6. The number of fused-ring (bicyclic) bond motifs is 1. The fourth-order valence-corrected chi connectivity index (χ4v) is 2.54. The second-order valence-electron chi connectivity index (χ2n) is 5.24. The first-order valence-corrected chi connectivity index (χ1v) is 7.40. The van der Waals surface area contributed by atoms with Crippen LogP contribution in [0.4, 0.5) is 5.69 Å². The van der Waals surface area contributed by atoms with Crippen LogP contribution >= 0.6 is 11.6 Å². The van der Waals surface area contributed by atoms with Gasteiger partial charge in [-0.1, -0.05) is 23.7 Å². The van der Waals surface area contributed by atoms with E-state index in [4.69, 9.17) is 11.6 Å². The van der Waals surface area contributed by atoms with Crippen LogP contribution in [-0.2, 0) is 0 Å². The molecule has 3 aromatic rings. The van der Waals surface area contributed by atoms with Crippen molar-refractivity contribution in [3.63, 3.8) is 0 Å². The van der Waals surface area contributed by atoms with E-state index in [2.05, 4.69) is 10.3 Å². The average molecular weight is 328 g/mol. The van der Waals surface area contributed by atoms with Crippen LogP contribution in [0, 0.1) is 13.8 Å². The summed E-state index contributed by atoms with van der Waals surface area (Å²) in [7, 11) is 0. The van der Waals surface area contributed by atoms with Crippen molar-refractivity contribution in [2.75, 3.05) is 5.32 Å². The second kappa shape index (κ2) is 5.85. The van der Waals surface area contributed by atoms with Crippen molar-refractivity contribution in [1.82, 2.24) is 9.38 Å². The number of benzene rings is 1. The number of anilines is 1. The molecule has 116 valence electrons. The van der Waals surface area contributed by atoms with Gasteiger partial charge in [-0.3, -0.25) is 14.0 Å². The molecule has 0 spiro atoms. The summed E-state index contributed by atoms with van der Waals surface area (Å²) in [5.41, 5.74) is 2.14. The molecule has 5 nitrogen and oxygen atoms in total. The Morgan fingerprint density at radius 3 is 2.70 bits per heavy atom. The molecule has 0 radical (unpaired) electrons. The average Bonchev–Trinajstić information content (AvgIpc) is 2.51. The highest BCUT2D eigenvalue weighted by Crippen LogP contribution is 2.17. The van der Waals surface area contributed by atoms with Crippen molar-refractivity contribution in [3.05, 3.63) is 74.8 Å². The summed E-state index contributed by atoms with van der Waals surface area (Å²) < 4.78 is 1.40. The monoisotopic (exact) mass is 327 g/mol. The third-order valence-electron chi connectivity index (χ3n) is 3.52. The predicted octanol–water partition coefficient (Wildman–Crippen LogP) is 3.22. The number of amides is 1. The van der Waals surface area contributed by atoms with E-state index < -0.39 is 5.91 Å². The maximum Gasteiger partial charge on any atom is 0.281 e. The lowest BCUT2D eigenvalue weighted by molar-refractivity contribution is 0.102. The molecular formula is C17H14ClN3O2. The Hall–Kier alpha value is -2.66. The summed E-state index contributed by atoms with van der Waals surface area (Å²) in [6, 6.07) is 10.3. The first-order valence-electron chi connectivity index (χ1n) is 7.03. The van der Waals surface area contributed by atoms with Crippen LogP contribution in [0.2, 0.25) is 5.02 Å². The van der Waals surface area contributed by atoms with Crippen molar-refractivity contribution < 1.29 is 4.79 Å². The number of pyridine rings is 1. The number of carbonyl (C=O) groups is 1. The molecular weight excluding hydrogens is 314 g/mol. The SMILES string of the molecule is Cc1ccn2c(=O)c(NC(=O)c3ccccc3Cl)c(C)nc2c1. The molecule has 3 rings (SSSR count). The minimum atomic E-state index is -0.440. The van der Waals surface area contributed by atoms with Gasteiger partial charge in [-0.05, 0) is 43.7 Å². The van der Waals surface area contributed by atoms with Crippen molar-refractivity contribution >= 4 is 28.8 Å². The molecule has 0 saturated heterocycles. The molecule has 1 aromatic carbocycles. The Morgan fingerprint density at radius 2 is 1.96 bits per heavy atom. The van der Waals surface area contributed by atoms with E-state index in [1.54, 1.807) is 37.4 Å². The number of carbonyl (C=O) groups excluding carboxylic acids is 1. The number of nitrogens with one attached hydrogen (secondary N) is 1. The highest BCUT2D eigenvalue weighted by atomic mass is 35.5. The Morgan fingerprint density at radius 1 is 1.22 bits per heavy atom. The summed E-state index contributed by atoms with van der Waals surface area (Å²) in [5.74, 6) is -0.440. The largest absolute Gasteiger partial charge is 0.316 e. The lowest BCUT2D eigenvalue weighted by Crippen LogP contribution is -2.25. The van der Waals surface area contributed by atoms with Crippen molar-refractivity contribution in [2.45, 2.75) is 13.8 Å². The van der Waals surface area contributed by atoms with E-state index in [-0.39, 0.29) is 11.2 Å². The summed E-state index contributed by atoms with van der Waals surface area (Å²) >= 11 is 6.02. The zero-order valence-corrected chi connectivity index (χ0v) is 13.4. The maximum atomic E-state index is 12.6. The molecule has 0 unspecified atom stereocenters. The molecule has 0 aliphatic rings. The standard InChI is InChI=1S/C17H14ClN3O2/c1-10-7-8-21-14(9-10)19-11(2)15(17(21)23)20-16(22)12-5-3-4-6-13(12)18/h3-9H,1-2H3,(H,20,22). The molecule has 0 fully saturated rings. The highest BCUT2D eigenvalue weighted by Gasteiger charge is 2.15. The van der Waals surface area contributed by atoms with Gasteiger partial charge in [0.25, 0.3) is 11.5 Å². The smallest absolute Gasteiger partial charge is 0.281 e. The van der Waals surface area contributed by atoms with Gasteiger partial charge < -0.3 is 5.32 Å². The van der Waals surface area contributed by atoms with Gasteiger partial charge in [0.15, 0.2) is 0 Å². The molecule has 0 bridgehead atoms. The van der Waals surface area contributed by atoms with Gasteiger partial charge in [-0.2, -0.15) is 0 Å². The molecule has 0 atom stereocenters. The van der Waals surface area contributed by atoms with Crippen LogP contribution in [0.3, 0.4) is 0 Å². The molecule has 1 amide bonds.